The minimum absolute atomic E-state index is 0.0118. The van der Waals surface area contributed by atoms with Gasteiger partial charge in [-0.25, -0.2) is 17.2 Å². The number of nitrogens with zero attached hydrogens (tertiary/aromatic N) is 1. The zero-order valence-corrected chi connectivity index (χ0v) is 11.8. The number of hydrogen-bond donors (Lipinski definition) is 1. The average molecular weight is 323 g/mol. The van der Waals surface area contributed by atoms with E-state index >= 15 is 0 Å². The molecule has 0 saturated carbocycles. The van der Waals surface area contributed by atoms with Crippen molar-refractivity contribution in [2.45, 2.75) is 10.9 Å². The Morgan fingerprint density at radius 2 is 1.90 bits per heavy atom. The molecule has 2 rings (SSSR count). The van der Waals surface area contributed by atoms with Crippen LogP contribution in [0.25, 0.3) is 0 Å². The van der Waals surface area contributed by atoms with Gasteiger partial charge in [0.15, 0.2) is 0 Å². The molecule has 1 aliphatic heterocycles. The summed E-state index contributed by atoms with van der Waals surface area (Å²) in [6.07, 6.45) is 0. The highest BCUT2D eigenvalue weighted by Gasteiger charge is 2.38. The Balaban J connectivity index is 2.44. The zero-order chi connectivity index (χ0) is 14.9. The van der Waals surface area contributed by atoms with Gasteiger partial charge in [-0.1, -0.05) is 0 Å². The van der Waals surface area contributed by atoms with Crippen molar-refractivity contribution in [1.82, 2.24) is 4.31 Å². The van der Waals surface area contributed by atoms with Crippen LogP contribution in [0.15, 0.2) is 23.1 Å². The number of sulfonamides is 1. The molecule has 0 aliphatic carbocycles. The first-order chi connectivity index (χ1) is 9.32. The Morgan fingerprint density at radius 1 is 1.30 bits per heavy atom. The number of halogens is 2. The second-order valence-electron chi connectivity index (χ2n) is 4.15. The Bertz CT molecular complexity index is 615. The van der Waals surface area contributed by atoms with Gasteiger partial charge in [0.05, 0.1) is 4.90 Å². The van der Waals surface area contributed by atoms with E-state index in [1.54, 1.807) is 0 Å². The molecule has 9 heteroatoms. The Labute approximate surface area is 118 Å². The molecule has 1 aromatic rings. The Morgan fingerprint density at radius 3 is 2.45 bits per heavy atom. The van der Waals surface area contributed by atoms with Gasteiger partial charge < -0.3 is 5.11 Å². The first kappa shape index (κ1) is 15.2. The SMILES string of the molecule is O=C(O)C1CSCCN1S(=O)(=O)c1cc(F)cc(F)c1. The lowest BCUT2D eigenvalue weighted by Crippen LogP contribution is -2.50. The molecule has 1 aromatic carbocycles. The third kappa shape index (κ3) is 2.94. The van der Waals surface area contributed by atoms with Crippen molar-refractivity contribution >= 4 is 27.8 Å². The normalized spacial score (nSPS) is 20.8. The van der Waals surface area contributed by atoms with Crippen molar-refractivity contribution in [3.63, 3.8) is 0 Å². The predicted molar refractivity (Wildman–Crippen MR) is 69.0 cm³/mol. The molecule has 0 amide bonds. The summed E-state index contributed by atoms with van der Waals surface area (Å²) >= 11 is 1.32. The number of hydrogen-bond acceptors (Lipinski definition) is 4. The maximum Gasteiger partial charge on any atom is 0.322 e. The van der Waals surface area contributed by atoms with Gasteiger partial charge >= 0.3 is 5.97 Å². The lowest BCUT2D eigenvalue weighted by molar-refractivity contribution is -0.140. The standard InChI is InChI=1S/C11H11F2NO4S2/c12-7-3-8(13)5-9(4-7)20(17,18)14-1-2-19-6-10(14)11(15)16/h3-5,10H,1-2,6H2,(H,15,16). The topological polar surface area (TPSA) is 74.7 Å². The van der Waals surface area contributed by atoms with E-state index in [1.165, 1.54) is 11.8 Å². The zero-order valence-electron chi connectivity index (χ0n) is 10.1. The minimum Gasteiger partial charge on any atom is -0.480 e. The fourth-order valence-electron chi connectivity index (χ4n) is 1.88. The Hall–Kier alpha value is -1.19. The molecule has 0 radical (unpaired) electrons. The number of carboxylic acids is 1. The Kier molecular flexibility index (Phi) is 4.31. The first-order valence-corrected chi connectivity index (χ1v) is 8.20. The average Bonchev–Trinajstić information content (AvgIpc) is 2.37. The van der Waals surface area contributed by atoms with Crippen molar-refractivity contribution in [1.29, 1.82) is 0 Å². The molecule has 0 spiro atoms. The summed E-state index contributed by atoms with van der Waals surface area (Å²) in [5.41, 5.74) is 0. The van der Waals surface area contributed by atoms with Crippen LogP contribution in [0, 0.1) is 11.6 Å². The van der Waals surface area contributed by atoms with E-state index in [-0.39, 0.29) is 12.3 Å². The summed E-state index contributed by atoms with van der Waals surface area (Å²) < 4.78 is 51.7. The summed E-state index contributed by atoms with van der Waals surface area (Å²) in [4.78, 5) is 10.5. The van der Waals surface area contributed by atoms with Crippen LogP contribution in [-0.4, -0.2) is 47.9 Å². The predicted octanol–water partition coefficient (Wildman–Crippen LogP) is 1.16. The monoisotopic (exact) mass is 323 g/mol. The number of carboxylic acid groups (broad SMARTS) is 1. The van der Waals surface area contributed by atoms with E-state index in [9.17, 15) is 22.0 Å². The smallest absolute Gasteiger partial charge is 0.322 e. The van der Waals surface area contributed by atoms with Crippen molar-refractivity contribution in [2.24, 2.45) is 0 Å². The highest BCUT2D eigenvalue weighted by molar-refractivity contribution is 7.99. The van der Waals surface area contributed by atoms with Crippen LogP contribution in [0.3, 0.4) is 0 Å². The van der Waals surface area contributed by atoms with E-state index in [4.69, 9.17) is 5.11 Å². The van der Waals surface area contributed by atoms with Crippen LogP contribution in [0.5, 0.6) is 0 Å². The van der Waals surface area contributed by atoms with E-state index in [1.807, 2.05) is 0 Å². The largest absolute Gasteiger partial charge is 0.480 e. The highest BCUT2D eigenvalue weighted by Crippen LogP contribution is 2.25. The third-order valence-corrected chi connectivity index (χ3v) is 5.72. The molecule has 1 N–H and O–H groups in total. The molecular weight excluding hydrogens is 312 g/mol. The molecule has 5 nitrogen and oxygen atoms in total. The van der Waals surface area contributed by atoms with Crippen LogP contribution < -0.4 is 0 Å². The van der Waals surface area contributed by atoms with Crippen LogP contribution in [-0.2, 0) is 14.8 Å². The lowest BCUT2D eigenvalue weighted by Gasteiger charge is -2.31. The van der Waals surface area contributed by atoms with E-state index in [2.05, 4.69) is 0 Å². The van der Waals surface area contributed by atoms with E-state index in [0.29, 0.717) is 24.0 Å². The molecule has 1 saturated heterocycles. The van der Waals surface area contributed by atoms with E-state index < -0.39 is 38.6 Å². The molecule has 1 unspecified atom stereocenters. The molecule has 20 heavy (non-hydrogen) atoms. The van der Waals surface area contributed by atoms with E-state index in [0.717, 1.165) is 4.31 Å². The number of benzene rings is 1. The fraction of sp³-hybridized carbons (Fsp3) is 0.364. The quantitative estimate of drug-likeness (QED) is 0.903. The van der Waals surface area contributed by atoms with Crippen molar-refractivity contribution in [3.8, 4) is 0 Å². The summed E-state index contributed by atoms with van der Waals surface area (Å²) in [6.45, 7) is -0.0118. The van der Waals surface area contributed by atoms with Gasteiger partial charge in [-0.15, -0.1) is 0 Å². The number of aliphatic carboxylic acids is 1. The maximum atomic E-state index is 13.1. The number of thioether (sulfide) groups is 1. The molecule has 110 valence electrons. The minimum atomic E-state index is -4.24. The second kappa shape index (κ2) is 5.66. The van der Waals surface area contributed by atoms with Gasteiger partial charge in [-0.05, 0) is 12.1 Å². The summed E-state index contributed by atoms with van der Waals surface area (Å²) in [5.74, 6) is -2.80. The van der Waals surface area contributed by atoms with Crippen LogP contribution in [0.1, 0.15) is 0 Å². The van der Waals surface area contributed by atoms with Gasteiger partial charge in [0, 0.05) is 24.1 Å². The van der Waals surface area contributed by atoms with Gasteiger partial charge in [0.1, 0.15) is 17.7 Å². The summed E-state index contributed by atoms with van der Waals surface area (Å²) in [5, 5.41) is 9.06. The molecule has 0 aromatic heterocycles. The van der Waals surface area contributed by atoms with Gasteiger partial charge in [0.25, 0.3) is 0 Å². The van der Waals surface area contributed by atoms with Crippen molar-refractivity contribution < 1.29 is 27.1 Å². The highest BCUT2D eigenvalue weighted by atomic mass is 32.2. The van der Waals surface area contributed by atoms with Crippen LogP contribution in [0.4, 0.5) is 8.78 Å². The molecular formula is C11H11F2NO4S2. The number of rotatable bonds is 3. The summed E-state index contributed by atoms with van der Waals surface area (Å²) in [6, 6.07) is 0.683. The van der Waals surface area contributed by atoms with Crippen LogP contribution in [0.2, 0.25) is 0 Å². The third-order valence-electron chi connectivity index (χ3n) is 2.81. The molecule has 1 heterocycles. The van der Waals surface area contributed by atoms with Crippen molar-refractivity contribution in [2.75, 3.05) is 18.1 Å². The molecule has 1 aliphatic rings. The van der Waals surface area contributed by atoms with Gasteiger partial charge in [-0.3, -0.25) is 4.79 Å². The van der Waals surface area contributed by atoms with Crippen molar-refractivity contribution in [3.05, 3.63) is 29.8 Å². The second-order valence-corrected chi connectivity index (χ2v) is 7.19. The molecule has 1 fully saturated rings. The number of carbonyl (C=O) groups is 1. The fourth-order valence-corrected chi connectivity index (χ4v) is 4.76. The van der Waals surface area contributed by atoms with Gasteiger partial charge in [-0.2, -0.15) is 16.1 Å². The molecule has 0 bridgehead atoms. The van der Waals surface area contributed by atoms with Crippen LogP contribution >= 0.6 is 11.8 Å². The van der Waals surface area contributed by atoms with Gasteiger partial charge in [0.2, 0.25) is 10.0 Å². The molecule has 1 atom stereocenters. The summed E-state index contributed by atoms with van der Waals surface area (Å²) in [7, 11) is -4.24. The first-order valence-electron chi connectivity index (χ1n) is 5.61. The lowest BCUT2D eigenvalue weighted by atomic mass is 10.3. The maximum absolute atomic E-state index is 13.1.